The van der Waals surface area contributed by atoms with Crippen molar-refractivity contribution in [1.29, 1.82) is 0 Å². The molecule has 0 aliphatic heterocycles. The van der Waals surface area contributed by atoms with E-state index in [1.54, 1.807) is 14.0 Å². The van der Waals surface area contributed by atoms with Gasteiger partial charge in [-0.05, 0) is 6.07 Å². The first kappa shape index (κ1) is 22.3. The number of halogens is 3. The lowest BCUT2D eigenvalue weighted by Crippen LogP contribution is -2.05. The number of fused-ring (bicyclic) bond motifs is 2. The van der Waals surface area contributed by atoms with Crippen LogP contribution < -0.4 is 0 Å². The van der Waals surface area contributed by atoms with Crippen molar-refractivity contribution in [1.82, 2.24) is 29.1 Å². The maximum atomic E-state index is 13.1. The quantitative estimate of drug-likeness (QED) is 0.439. The van der Waals surface area contributed by atoms with Crippen LogP contribution in [0, 0.1) is 0 Å². The van der Waals surface area contributed by atoms with E-state index in [1.807, 2.05) is 0 Å². The number of rotatable bonds is 4. The van der Waals surface area contributed by atoms with Crippen LogP contribution in [0.5, 0.6) is 0 Å². The highest BCUT2D eigenvalue weighted by Gasteiger charge is 2.32. The van der Waals surface area contributed by atoms with Crippen LogP contribution in [-0.2, 0) is 33.8 Å². The van der Waals surface area contributed by atoms with Gasteiger partial charge >= 0.3 is 6.18 Å². The van der Waals surface area contributed by atoms with Crippen molar-refractivity contribution >= 4 is 43.0 Å². The first-order valence-electron chi connectivity index (χ1n) is 9.23. The fourth-order valence-corrected chi connectivity index (χ4v) is 4.62. The van der Waals surface area contributed by atoms with E-state index in [2.05, 4.69) is 24.4 Å². The highest BCUT2D eigenvalue weighted by molar-refractivity contribution is 7.92. The fraction of sp³-hybridized carbons (Fsp3) is 0.333. The van der Waals surface area contributed by atoms with Crippen molar-refractivity contribution in [3.63, 3.8) is 0 Å². The van der Waals surface area contributed by atoms with E-state index in [4.69, 9.17) is 0 Å². The van der Waals surface area contributed by atoms with E-state index in [0.29, 0.717) is 11.3 Å². The Morgan fingerprint density at radius 3 is 2.50 bits per heavy atom. The lowest BCUT2D eigenvalue weighted by Gasteiger charge is -2.05. The van der Waals surface area contributed by atoms with Gasteiger partial charge in [0.15, 0.2) is 16.3 Å². The van der Waals surface area contributed by atoms with E-state index in [9.17, 15) is 21.6 Å². The zero-order valence-electron chi connectivity index (χ0n) is 17.4. The van der Waals surface area contributed by atoms with Crippen molar-refractivity contribution < 1.29 is 21.6 Å². The predicted octanol–water partition coefficient (Wildman–Crippen LogP) is 3.18. The second-order valence-electron chi connectivity index (χ2n) is 7.23. The minimum Gasteiger partial charge on any atom is -0.312 e. The van der Waals surface area contributed by atoms with Crippen molar-refractivity contribution in [2.75, 3.05) is 18.3 Å². The molecule has 0 bridgehead atoms. The minimum atomic E-state index is -4.56. The van der Waals surface area contributed by atoms with Gasteiger partial charge in [-0.3, -0.25) is 4.21 Å². The molecule has 4 rings (SSSR count). The third-order valence-electron chi connectivity index (χ3n) is 4.49. The van der Waals surface area contributed by atoms with Gasteiger partial charge in [-0.2, -0.15) is 22.6 Å². The summed E-state index contributed by atoms with van der Waals surface area (Å²) in [5, 5.41) is 4.55. The molecule has 0 saturated carbocycles. The molecule has 1 unspecified atom stereocenters. The Labute approximate surface area is 183 Å². The SMILES string of the molecule is CCS(=O)c1nn2cc(N=S(C)(C)=O)cnc2c1-c1nc2cc(C(F)(F)F)cnc2n1C. The van der Waals surface area contributed by atoms with Crippen LogP contribution in [0.3, 0.4) is 0 Å². The summed E-state index contributed by atoms with van der Waals surface area (Å²) in [7, 11) is -2.37. The molecule has 0 spiro atoms. The molecule has 0 amide bonds. The second kappa shape index (κ2) is 7.62. The Kier molecular flexibility index (Phi) is 5.32. The topological polar surface area (TPSA) is 107 Å². The molecule has 4 heterocycles. The van der Waals surface area contributed by atoms with Gasteiger partial charge in [0.2, 0.25) is 0 Å². The largest absolute Gasteiger partial charge is 0.417 e. The van der Waals surface area contributed by atoms with Gasteiger partial charge < -0.3 is 4.57 Å². The molecule has 0 aliphatic rings. The molecule has 1 atom stereocenters. The zero-order chi connectivity index (χ0) is 23.4. The molecule has 0 saturated heterocycles. The van der Waals surface area contributed by atoms with Crippen LogP contribution in [0.1, 0.15) is 12.5 Å². The van der Waals surface area contributed by atoms with E-state index >= 15 is 0 Å². The Morgan fingerprint density at radius 1 is 1.19 bits per heavy atom. The van der Waals surface area contributed by atoms with Gasteiger partial charge in [0.1, 0.15) is 17.0 Å². The van der Waals surface area contributed by atoms with Crippen molar-refractivity contribution in [3.8, 4) is 11.4 Å². The van der Waals surface area contributed by atoms with Gasteiger partial charge in [-0.15, -0.1) is 0 Å². The molecule has 170 valence electrons. The third kappa shape index (κ3) is 3.99. The van der Waals surface area contributed by atoms with Gasteiger partial charge in [-0.25, -0.2) is 23.7 Å². The van der Waals surface area contributed by atoms with Crippen molar-refractivity contribution in [2.24, 2.45) is 11.4 Å². The third-order valence-corrected chi connectivity index (χ3v) is 6.38. The molecule has 0 fully saturated rings. The second-order valence-corrected chi connectivity index (χ2v) is 11.4. The summed E-state index contributed by atoms with van der Waals surface area (Å²) in [6.45, 7) is 1.72. The van der Waals surface area contributed by atoms with Crippen molar-refractivity contribution in [3.05, 3.63) is 30.2 Å². The molecule has 4 aromatic heterocycles. The monoisotopic (exact) mass is 485 g/mol. The maximum Gasteiger partial charge on any atom is 0.417 e. The molecule has 32 heavy (non-hydrogen) atoms. The molecule has 4 aromatic rings. The van der Waals surface area contributed by atoms with Gasteiger partial charge in [-0.1, -0.05) is 6.92 Å². The van der Waals surface area contributed by atoms with Gasteiger partial charge in [0.25, 0.3) is 0 Å². The Hall–Kier alpha value is -2.87. The highest BCUT2D eigenvalue weighted by atomic mass is 32.2. The summed E-state index contributed by atoms with van der Waals surface area (Å²) in [6, 6.07) is 0.914. The number of pyridine rings is 1. The standard InChI is InChI=1S/C18H18F3N7O2S2/c1-5-31(29)17-13(15-23-8-11(9-28(15)25-17)26-32(3,4)30)16-24-12-6-10(18(19,20)21)7-22-14(12)27(16)2/h6-9H,5H2,1-4H3. The number of imidazole rings is 1. The van der Waals surface area contributed by atoms with E-state index < -0.39 is 32.3 Å². The highest BCUT2D eigenvalue weighted by Crippen LogP contribution is 2.34. The van der Waals surface area contributed by atoms with Crippen LogP contribution in [0.4, 0.5) is 18.9 Å². The van der Waals surface area contributed by atoms with Crippen LogP contribution >= 0.6 is 0 Å². The van der Waals surface area contributed by atoms with Crippen LogP contribution in [0.25, 0.3) is 28.2 Å². The van der Waals surface area contributed by atoms with Gasteiger partial charge in [0, 0.05) is 41.2 Å². The summed E-state index contributed by atoms with van der Waals surface area (Å²) in [5.74, 6) is 0.484. The number of alkyl halides is 3. The molecule has 0 radical (unpaired) electrons. The number of nitrogens with zero attached hydrogens (tertiary/aromatic N) is 7. The zero-order valence-corrected chi connectivity index (χ0v) is 19.0. The average Bonchev–Trinajstić information content (AvgIpc) is 3.22. The number of aromatic nitrogens is 6. The summed E-state index contributed by atoms with van der Waals surface area (Å²) in [4.78, 5) is 12.6. The predicted molar refractivity (Wildman–Crippen MR) is 115 cm³/mol. The molecule has 0 aromatic carbocycles. The molecule has 0 aliphatic carbocycles. The average molecular weight is 486 g/mol. The molecular weight excluding hydrogens is 467 g/mol. The number of aryl methyl sites for hydroxylation is 1. The summed E-state index contributed by atoms with van der Waals surface area (Å²) >= 11 is 0. The van der Waals surface area contributed by atoms with Crippen molar-refractivity contribution in [2.45, 2.75) is 18.1 Å². The van der Waals surface area contributed by atoms with E-state index in [-0.39, 0.29) is 33.4 Å². The van der Waals surface area contributed by atoms with E-state index in [0.717, 1.165) is 12.3 Å². The molecular formula is C18H18F3N7O2S2. The summed E-state index contributed by atoms with van der Waals surface area (Å²) in [5.41, 5.74) is 0.265. The lowest BCUT2D eigenvalue weighted by atomic mass is 10.2. The first-order valence-corrected chi connectivity index (χ1v) is 12.9. The Bertz CT molecular complexity index is 1510. The minimum absolute atomic E-state index is 0.0354. The molecule has 9 nitrogen and oxygen atoms in total. The molecule has 14 heteroatoms. The Balaban J connectivity index is 2.00. The maximum absolute atomic E-state index is 13.1. The van der Waals surface area contributed by atoms with Crippen LogP contribution in [0.15, 0.2) is 34.0 Å². The molecule has 0 N–H and O–H groups in total. The van der Waals surface area contributed by atoms with Crippen LogP contribution in [0.2, 0.25) is 0 Å². The van der Waals surface area contributed by atoms with E-state index in [1.165, 1.54) is 34.0 Å². The Morgan fingerprint density at radius 2 is 1.88 bits per heavy atom. The van der Waals surface area contributed by atoms with Gasteiger partial charge in [0.05, 0.1) is 34.3 Å². The fourth-order valence-electron chi connectivity index (χ4n) is 3.15. The number of hydrogen-bond donors (Lipinski definition) is 0. The smallest absolute Gasteiger partial charge is 0.312 e. The summed E-state index contributed by atoms with van der Waals surface area (Å²) < 4.78 is 71.0. The lowest BCUT2D eigenvalue weighted by molar-refractivity contribution is -0.137. The summed E-state index contributed by atoms with van der Waals surface area (Å²) in [6.07, 6.45) is 2.03. The normalized spacial score (nSPS) is 13.7. The van der Waals surface area contributed by atoms with Crippen LogP contribution in [-0.4, -0.2) is 55.8 Å². The number of hydrogen-bond acceptors (Lipinski definition) is 7. The first-order chi connectivity index (χ1) is 14.9.